The quantitative estimate of drug-likeness (QED) is 0.713. The highest BCUT2D eigenvalue weighted by molar-refractivity contribution is 6.32. The Hall–Kier alpha value is -2.93. The molecule has 1 N–H and O–H groups in total. The van der Waals surface area contributed by atoms with Gasteiger partial charge in [0.25, 0.3) is 5.91 Å². The zero-order valence-electron chi connectivity index (χ0n) is 15.3. The lowest BCUT2D eigenvalue weighted by Crippen LogP contribution is -2.25. The Morgan fingerprint density at radius 1 is 1.18 bits per heavy atom. The number of carbonyl (C=O) groups is 2. The molecule has 1 amide bonds. The van der Waals surface area contributed by atoms with E-state index in [0.717, 1.165) is 5.56 Å². The highest BCUT2D eigenvalue weighted by Gasteiger charge is 2.16. The van der Waals surface area contributed by atoms with Crippen LogP contribution in [0.4, 0.5) is 0 Å². The second kappa shape index (κ2) is 9.32. The van der Waals surface area contributed by atoms with Crippen molar-refractivity contribution < 1.29 is 28.5 Å². The monoisotopic (exact) mass is 405 g/mol. The molecule has 0 aliphatic carbocycles. The fourth-order valence-corrected chi connectivity index (χ4v) is 2.95. The Bertz CT molecular complexity index is 870. The van der Waals surface area contributed by atoms with Gasteiger partial charge in [0, 0.05) is 12.1 Å². The first-order valence-electron chi connectivity index (χ1n) is 8.72. The fourth-order valence-electron chi connectivity index (χ4n) is 2.66. The van der Waals surface area contributed by atoms with Gasteiger partial charge in [-0.15, -0.1) is 0 Å². The van der Waals surface area contributed by atoms with E-state index in [0.29, 0.717) is 54.0 Å². The Kier molecular flexibility index (Phi) is 6.60. The number of halogens is 1. The summed E-state index contributed by atoms with van der Waals surface area (Å²) in [6.07, 6.45) is 0.584. The average Bonchev–Trinajstić information content (AvgIpc) is 2.72. The molecule has 0 atom stereocenters. The number of carbonyl (C=O) groups excluding carboxylic acids is 2. The molecule has 0 fully saturated rings. The van der Waals surface area contributed by atoms with Gasteiger partial charge in [0.15, 0.2) is 18.1 Å². The van der Waals surface area contributed by atoms with Crippen molar-refractivity contribution in [3.05, 3.63) is 52.5 Å². The maximum Gasteiger partial charge on any atom is 0.343 e. The van der Waals surface area contributed by atoms with Gasteiger partial charge >= 0.3 is 5.97 Å². The average molecular weight is 406 g/mol. The van der Waals surface area contributed by atoms with E-state index >= 15 is 0 Å². The number of amides is 1. The zero-order valence-corrected chi connectivity index (χ0v) is 16.1. The Labute approximate surface area is 167 Å². The molecule has 28 heavy (non-hydrogen) atoms. The molecule has 0 unspecified atom stereocenters. The Morgan fingerprint density at radius 2 is 2.00 bits per heavy atom. The molecule has 1 aliphatic rings. The van der Waals surface area contributed by atoms with Gasteiger partial charge in [-0.2, -0.15) is 0 Å². The molecule has 8 heteroatoms. The molecule has 0 saturated carbocycles. The van der Waals surface area contributed by atoms with Crippen LogP contribution in [0.5, 0.6) is 17.2 Å². The molecule has 1 aliphatic heterocycles. The van der Waals surface area contributed by atoms with E-state index in [1.807, 2.05) is 12.1 Å². The summed E-state index contributed by atoms with van der Waals surface area (Å²) in [5.41, 5.74) is 1.37. The van der Waals surface area contributed by atoms with Crippen molar-refractivity contribution in [2.75, 3.05) is 33.5 Å². The van der Waals surface area contributed by atoms with Gasteiger partial charge in [-0.05, 0) is 42.3 Å². The predicted octanol–water partition coefficient (Wildman–Crippen LogP) is 2.64. The Balaban J connectivity index is 1.54. The third kappa shape index (κ3) is 5.07. The summed E-state index contributed by atoms with van der Waals surface area (Å²) in [7, 11) is 1.28. The molecule has 1 heterocycles. The minimum absolute atomic E-state index is 0.216. The van der Waals surface area contributed by atoms with Crippen LogP contribution in [0.15, 0.2) is 36.4 Å². The van der Waals surface area contributed by atoms with Crippen LogP contribution in [-0.2, 0) is 16.0 Å². The third-order valence-corrected chi connectivity index (χ3v) is 4.32. The Morgan fingerprint density at radius 3 is 2.82 bits per heavy atom. The van der Waals surface area contributed by atoms with Crippen molar-refractivity contribution in [3.8, 4) is 17.2 Å². The SMILES string of the molecule is COC(=O)COc1cccc(C(=O)NCCc2cc(Cl)c3c(c2)OCCO3)c1. The molecule has 3 rings (SSSR count). The lowest BCUT2D eigenvalue weighted by Gasteiger charge is -2.20. The van der Waals surface area contributed by atoms with Crippen molar-refractivity contribution in [1.82, 2.24) is 5.32 Å². The standard InChI is InChI=1S/C20H20ClNO6/c1-25-18(23)12-28-15-4-2-3-14(11-15)20(24)22-6-5-13-9-16(21)19-17(10-13)26-7-8-27-19/h2-4,9-11H,5-8,12H2,1H3,(H,22,24). The molecule has 0 spiro atoms. The first kappa shape index (κ1) is 19.8. The van der Waals surface area contributed by atoms with Gasteiger partial charge in [0.2, 0.25) is 0 Å². The lowest BCUT2D eigenvalue weighted by molar-refractivity contribution is -0.142. The molecular weight excluding hydrogens is 386 g/mol. The van der Waals surface area contributed by atoms with Crippen molar-refractivity contribution in [2.24, 2.45) is 0 Å². The van der Waals surface area contributed by atoms with Crippen LogP contribution in [-0.4, -0.2) is 45.4 Å². The second-order valence-corrected chi connectivity index (χ2v) is 6.41. The normalized spacial score (nSPS) is 12.2. The van der Waals surface area contributed by atoms with E-state index in [-0.39, 0.29) is 12.5 Å². The van der Waals surface area contributed by atoms with Gasteiger partial charge in [-0.25, -0.2) is 4.79 Å². The zero-order chi connectivity index (χ0) is 19.9. The fraction of sp³-hybridized carbons (Fsp3) is 0.300. The minimum Gasteiger partial charge on any atom is -0.486 e. The van der Waals surface area contributed by atoms with Gasteiger partial charge in [-0.3, -0.25) is 4.79 Å². The summed E-state index contributed by atoms with van der Waals surface area (Å²) in [5.74, 6) is 0.858. The van der Waals surface area contributed by atoms with Gasteiger partial charge in [-0.1, -0.05) is 17.7 Å². The summed E-state index contributed by atoms with van der Waals surface area (Å²) in [4.78, 5) is 23.5. The summed E-state index contributed by atoms with van der Waals surface area (Å²) < 4.78 is 20.9. The summed E-state index contributed by atoms with van der Waals surface area (Å²) in [6, 6.07) is 10.3. The predicted molar refractivity (Wildman–Crippen MR) is 102 cm³/mol. The number of rotatable bonds is 7. The molecule has 2 aromatic rings. The number of hydrogen-bond acceptors (Lipinski definition) is 6. The number of fused-ring (bicyclic) bond motifs is 1. The molecular formula is C20H20ClNO6. The van der Waals surface area contributed by atoms with Crippen molar-refractivity contribution in [2.45, 2.75) is 6.42 Å². The topological polar surface area (TPSA) is 83.1 Å². The van der Waals surface area contributed by atoms with Crippen molar-refractivity contribution in [1.29, 1.82) is 0 Å². The molecule has 7 nitrogen and oxygen atoms in total. The molecule has 2 aromatic carbocycles. The van der Waals surface area contributed by atoms with E-state index in [4.69, 9.17) is 25.8 Å². The van der Waals surface area contributed by atoms with Crippen LogP contribution in [0.1, 0.15) is 15.9 Å². The third-order valence-electron chi connectivity index (χ3n) is 4.04. The molecule has 0 saturated heterocycles. The molecule has 0 bridgehead atoms. The van der Waals surface area contributed by atoms with Crippen LogP contribution in [0.2, 0.25) is 5.02 Å². The number of benzene rings is 2. The number of methoxy groups -OCH3 is 1. The van der Waals surface area contributed by atoms with Crippen LogP contribution >= 0.6 is 11.6 Å². The smallest absolute Gasteiger partial charge is 0.343 e. The number of esters is 1. The van der Waals surface area contributed by atoms with Crippen molar-refractivity contribution >= 4 is 23.5 Å². The van der Waals surface area contributed by atoms with Crippen LogP contribution in [0.3, 0.4) is 0 Å². The van der Waals surface area contributed by atoms with E-state index in [9.17, 15) is 9.59 Å². The summed E-state index contributed by atoms with van der Waals surface area (Å²) in [5, 5.41) is 3.34. The van der Waals surface area contributed by atoms with Gasteiger partial charge in [0.1, 0.15) is 19.0 Å². The van der Waals surface area contributed by atoms with Crippen LogP contribution < -0.4 is 19.5 Å². The first-order chi connectivity index (χ1) is 13.6. The van der Waals surface area contributed by atoms with Crippen LogP contribution in [0.25, 0.3) is 0 Å². The van der Waals surface area contributed by atoms with E-state index in [1.165, 1.54) is 7.11 Å². The van der Waals surface area contributed by atoms with Crippen LogP contribution in [0, 0.1) is 0 Å². The number of hydrogen-bond donors (Lipinski definition) is 1. The number of nitrogens with one attached hydrogen (secondary N) is 1. The maximum atomic E-state index is 12.4. The number of ether oxygens (including phenoxy) is 4. The highest BCUT2D eigenvalue weighted by atomic mass is 35.5. The maximum absolute atomic E-state index is 12.4. The minimum atomic E-state index is -0.493. The van der Waals surface area contributed by atoms with Gasteiger partial charge in [0.05, 0.1) is 12.1 Å². The molecule has 0 radical (unpaired) electrons. The lowest BCUT2D eigenvalue weighted by atomic mass is 10.1. The van der Waals surface area contributed by atoms with Gasteiger partial charge < -0.3 is 24.3 Å². The second-order valence-electron chi connectivity index (χ2n) is 6.00. The van der Waals surface area contributed by atoms with E-state index < -0.39 is 5.97 Å². The molecule has 0 aromatic heterocycles. The highest BCUT2D eigenvalue weighted by Crippen LogP contribution is 2.38. The first-order valence-corrected chi connectivity index (χ1v) is 9.10. The van der Waals surface area contributed by atoms with Crippen molar-refractivity contribution in [3.63, 3.8) is 0 Å². The largest absolute Gasteiger partial charge is 0.486 e. The summed E-state index contributed by atoms with van der Waals surface area (Å²) >= 11 is 6.23. The summed E-state index contributed by atoms with van der Waals surface area (Å²) in [6.45, 7) is 1.16. The molecule has 148 valence electrons. The van der Waals surface area contributed by atoms with E-state index in [1.54, 1.807) is 24.3 Å². The van der Waals surface area contributed by atoms with E-state index in [2.05, 4.69) is 10.1 Å².